The molecule has 1 heterocycles. The number of ether oxygens (including phenoxy) is 1. The molecule has 1 aliphatic rings. The summed E-state index contributed by atoms with van der Waals surface area (Å²) < 4.78 is 5.55. The summed E-state index contributed by atoms with van der Waals surface area (Å²) in [7, 11) is 1.77. The third kappa shape index (κ3) is 2.74. The number of rotatable bonds is 1. The Hall–Kier alpha value is -2.11. The SMILES string of the molecule is CO[C@H]1CCCc2ncc(C#Cc3ccccc3)cc21. The Bertz CT molecular complexity index is 652. The molecule has 1 atom stereocenters. The first-order valence-electron chi connectivity index (χ1n) is 6.95. The number of benzene rings is 1. The van der Waals surface area contributed by atoms with Crippen LogP contribution in [0, 0.1) is 11.8 Å². The Morgan fingerprint density at radius 1 is 1.15 bits per heavy atom. The molecule has 0 aliphatic heterocycles. The van der Waals surface area contributed by atoms with Gasteiger partial charge in [-0.2, -0.15) is 0 Å². The molecule has 1 aromatic heterocycles. The molecule has 3 rings (SSSR count). The van der Waals surface area contributed by atoms with Gasteiger partial charge < -0.3 is 4.74 Å². The van der Waals surface area contributed by atoms with Crippen LogP contribution >= 0.6 is 0 Å². The number of pyridine rings is 1. The van der Waals surface area contributed by atoms with Gasteiger partial charge in [-0.25, -0.2) is 0 Å². The molecule has 1 aromatic carbocycles. The minimum absolute atomic E-state index is 0.171. The first-order valence-corrected chi connectivity index (χ1v) is 6.95. The van der Waals surface area contributed by atoms with E-state index in [9.17, 15) is 0 Å². The van der Waals surface area contributed by atoms with E-state index in [1.165, 1.54) is 5.56 Å². The topological polar surface area (TPSA) is 22.1 Å². The first kappa shape index (κ1) is 12.9. The van der Waals surface area contributed by atoms with Crippen molar-refractivity contribution in [2.45, 2.75) is 25.4 Å². The van der Waals surface area contributed by atoms with Crippen LogP contribution in [-0.4, -0.2) is 12.1 Å². The lowest BCUT2D eigenvalue weighted by Crippen LogP contribution is -2.13. The quantitative estimate of drug-likeness (QED) is 0.735. The molecule has 2 aromatic rings. The van der Waals surface area contributed by atoms with Gasteiger partial charge in [-0.1, -0.05) is 30.0 Å². The second-order valence-corrected chi connectivity index (χ2v) is 4.99. The number of nitrogens with zero attached hydrogens (tertiary/aromatic N) is 1. The van der Waals surface area contributed by atoms with Gasteiger partial charge in [-0.05, 0) is 37.5 Å². The summed E-state index contributed by atoms with van der Waals surface area (Å²) in [6, 6.07) is 12.1. The highest BCUT2D eigenvalue weighted by atomic mass is 16.5. The van der Waals surface area contributed by atoms with Crippen LogP contribution in [0.15, 0.2) is 42.6 Å². The van der Waals surface area contributed by atoms with Crippen molar-refractivity contribution in [3.8, 4) is 11.8 Å². The van der Waals surface area contributed by atoms with Crippen molar-refractivity contribution >= 4 is 0 Å². The third-order valence-electron chi connectivity index (χ3n) is 3.64. The van der Waals surface area contributed by atoms with Crippen LogP contribution in [0.25, 0.3) is 0 Å². The molecule has 20 heavy (non-hydrogen) atoms. The van der Waals surface area contributed by atoms with Crippen molar-refractivity contribution in [2.75, 3.05) is 7.11 Å². The average molecular weight is 263 g/mol. The maximum Gasteiger partial charge on any atom is 0.0839 e. The molecule has 100 valence electrons. The van der Waals surface area contributed by atoms with Crippen molar-refractivity contribution in [3.63, 3.8) is 0 Å². The van der Waals surface area contributed by atoms with Gasteiger partial charge in [0.05, 0.1) is 6.10 Å². The number of aromatic nitrogens is 1. The third-order valence-corrected chi connectivity index (χ3v) is 3.64. The monoisotopic (exact) mass is 263 g/mol. The predicted octanol–water partition coefficient (Wildman–Crippen LogP) is 3.51. The Labute approximate surface area is 119 Å². The van der Waals surface area contributed by atoms with E-state index in [2.05, 4.69) is 22.9 Å². The molecule has 1 aliphatic carbocycles. The molecular weight excluding hydrogens is 246 g/mol. The van der Waals surface area contributed by atoms with Crippen molar-refractivity contribution in [2.24, 2.45) is 0 Å². The fourth-order valence-corrected chi connectivity index (χ4v) is 2.59. The highest BCUT2D eigenvalue weighted by Gasteiger charge is 2.20. The van der Waals surface area contributed by atoms with Crippen molar-refractivity contribution in [1.29, 1.82) is 0 Å². The van der Waals surface area contributed by atoms with Crippen LogP contribution < -0.4 is 0 Å². The van der Waals surface area contributed by atoms with Gasteiger partial charge in [0.2, 0.25) is 0 Å². The van der Waals surface area contributed by atoms with Crippen LogP contribution in [0.5, 0.6) is 0 Å². The summed E-state index contributed by atoms with van der Waals surface area (Å²) in [6.45, 7) is 0. The fraction of sp³-hybridized carbons (Fsp3) is 0.278. The van der Waals surface area contributed by atoms with Crippen LogP contribution in [0.3, 0.4) is 0 Å². The zero-order valence-electron chi connectivity index (χ0n) is 11.6. The van der Waals surface area contributed by atoms with Gasteiger partial charge in [0, 0.05) is 35.7 Å². The van der Waals surface area contributed by atoms with Gasteiger partial charge in [-0.15, -0.1) is 0 Å². The van der Waals surface area contributed by atoms with E-state index in [0.29, 0.717) is 0 Å². The Morgan fingerprint density at radius 3 is 2.75 bits per heavy atom. The second-order valence-electron chi connectivity index (χ2n) is 4.99. The lowest BCUT2D eigenvalue weighted by atomic mass is 9.92. The van der Waals surface area contributed by atoms with E-state index in [1.54, 1.807) is 7.11 Å². The van der Waals surface area contributed by atoms with Crippen molar-refractivity contribution in [1.82, 2.24) is 4.98 Å². The molecule has 0 radical (unpaired) electrons. The number of hydrogen-bond donors (Lipinski definition) is 0. The largest absolute Gasteiger partial charge is 0.377 e. The van der Waals surface area contributed by atoms with E-state index >= 15 is 0 Å². The lowest BCUT2D eigenvalue weighted by molar-refractivity contribution is 0.0873. The maximum absolute atomic E-state index is 5.55. The van der Waals surface area contributed by atoms with Gasteiger partial charge in [0.15, 0.2) is 0 Å². The Balaban J connectivity index is 1.91. The fourth-order valence-electron chi connectivity index (χ4n) is 2.59. The summed E-state index contributed by atoms with van der Waals surface area (Å²) in [5.41, 5.74) is 4.34. The number of aryl methyl sites for hydroxylation is 1. The molecular formula is C18H17NO. The van der Waals surface area contributed by atoms with Gasteiger partial charge in [0.25, 0.3) is 0 Å². The molecule has 0 unspecified atom stereocenters. The minimum Gasteiger partial charge on any atom is -0.377 e. The minimum atomic E-state index is 0.171. The summed E-state index contributed by atoms with van der Waals surface area (Å²) in [4.78, 5) is 4.55. The molecule has 0 fully saturated rings. The molecule has 0 N–H and O–H groups in total. The molecule has 0 amide bonds. The summed E-state index contributed by atoms with van der Waals surface area (Å²) in [5, 5.41) is 0. The van der Waals surface area contributed by atoms with Crippen LogP contribution in [-0.2, 0) is 11.2 Å². The van der Waals surface area contributed by atoms with Gasteiger partial charge >= 0.3 is 0 Å². The number of fused-ring (bicyclic) bond motifs is 1. The Kier molecular flexibility index (Phi) is 3.80. The van der Waals surface area contributed by atoms with E-state index in [-0.39, 0.29) is 6.10 Å². The van der Waals surface area contributed by atoms with Crippen molar-refractivity contribution in [3.05, 3.63) is 65.0 Å². The summed E-state index contributed by atoms with van der Waals surface area (Å²) in [6.07, 6.45) is 5.30. The first-order chi connectivity index (χ1) is 9.86. The zero-order chi connectivity index (χ0) is 13.8. The van der Waals surface area contributed by atoms with Gasteiger partial charge in [0.1, 0.15) is 0 Å². The van der Waals surface area contributed by atoms with Crippen LogP contribution in [0.4, 0.5) is 0 Å². The van der Waals surface area contributed by atoms with Crippen LogP contribution in [0.1, 0.15) is 41.3 Å². The van der Waals surface area contributed by atoms with Crippen LogP contribution in [0.2, 0.25) is 0 Å². The highest BCUT2D eigenvalue weighted by Crippen LogP contribution is 2.31. The van der Waals surface area contributed by atoms with E-state index in [4.69, 9.17) is 4.74 Å². The number of hydrogen-bond acceptors (Lipinski definition) is 2. The summed E-state index contributed by atoms with van der Waals surface area (Å²) >= 11 is 0. The molecule has 0 saturated heterocycles. The Morgan fingerprint density at radius 2 is 1.95 bits per heavy atom. The average Bonchev–Trinajstić information content (AvgIpc) is 2.53. The standard InChI is InChI=1S/C18H17NO/c1-20-18-9-5-8-17-16(18)12-15(13-19-17)11-10-14-6-3-2-4-7-14/h2-4,6-7,12-13,18H,5,8-9H2,1H3/t18-/m0/s1. The van der Waals surface area contributed by atoms with E-state index < -0.39 is 0 Å². The molecule has 0 bridgehead atoms. The summed E-state index contributed by atoms with van der Waals surface area (Å²) in [5.74, 6) is 6.36. The van der Waals surface area contributed by atoms with Crippen molar-refractivity contribution < 1.29 is 4.74 Å². The van der Waals surface area contributed by atoms with E-state index in [0.717, 1.165) is 36.1 Å². The highest BCUT2D eigenvalue weighted by molar-refractivity contribution is 5.44. The molecule has 0 saturated carbocycles. The molecule has 0 spiro atoms. The number of methoxy groups -OCH3 is 1. The zero-order valence-corrected chi connectivity index (χ0v) is 11.6. The van der Waals surface area contributed by atoms with Gasteiger partial charge in [-0.3, -0.25) is 4.98 Å². The smallest absolute Gasteiger partial charge is 0.0839 e. The normalized spacial score (nSPS) is 16.9. The maximum atomic E-state index is 5.55. The van der Waals surface area contributed by atoms with E-state index in [1.807, 2.05) is 36.5 Å². The molecule has 2 heteroatoms. The second kappa shape index (κ2) is 5.90. The predicted molar refractivity (Wildman–Crippen MR) is 79.3 cm³/mol. The lowest BCUT2D eigenvalue weighted by Gasteiger charge is -2.23. The molecule has 2 nitrogen and oxygen atoms in total.